The summed E-state index contributed by atoms with van der Waals surface area (Å²) in [7, 11) is 0. The number of rotatable bonds is 4. The average Bonchev–Trinajstić information content (AvgIpc) is 2.47. The fourth-order valence-corrected chi connectivity index (χ4v) is 2.08. The molecule has 1 aliphatic rings. The third kappa shape index (κ3) is 3.57. The van der Waals surface area contributed by atoms with Crippen LogP contribution in [0.25, 0.3) is 0 Å². The number of hydrogen-bond acceptors (Lipinski definition) is 4. The van der Waals surface area contributed by atoms with Gasteiger partial charge >= 0.3 is 0 Å². The lowest BCUT2D eigenvalue weighted by Gasteiger charge is -2.29. The molecule has 0 radical (unpaired) electrons. The lowest BCUT2D eigenvalue weighted by Crippen LogP contribution is -2.46. The largest absolute Gasteiger partial charge is 0.481 e. The van der Waals surface area contributed by atoms with Gasteiger partial charge in [0.25, 0.3) is 5.91 Å². The molecule has 1 amide bonds. The maximum atomic E-state index is 12.2. The summed E-state index contributed by atoms with van der Waals surface area (Å²) in [6.45, 7) is 5.55. The smallest absolute Gasteiger partial charge is 0.263 e. The molecule has 1 aromatic carbocycles. The van der Waals surface area contributed by atoms with E-state index in [2.05, 4.69) is 0 Å². The van der Waals surface area contributed by atoms with Crippen LogP contribution in [0.4, 0.5) is 0 Å². The van der Waals surface area contributed by atoms with E-state index in [1.165, 1.54) is 6.92 Å². The Hall–Kier alpha value is -1.88. The standard InChI is InChI=1S/C15H19NO4/c1-11(17)13-4-3-5-14(10-13)20-12(2)15(18)16-6-8-19-9-7-16/h3-5,10,12H,6-9H2,1-2H3. The van der Waals surface area contributed by atoms with Gasteiger partial charge in [-0.3, -0.25) is 9.59 Å². The SMILES string of the molecule is CC(=O)c1cccc(OC(C)C(=O)N2CCOCC2)c1. The second-order valence-electron chi connectivity index (χ2n) is 4.78. The molecule has 0 bridgehead atoms. The van der Waals surface area contributed by atoms with Gasteiger partial charge in [-0.25, -0.2) is 0 Å². The van der Waals surface area contributed by atoms with E-state index < -0.39 is 6.10 Å². The predicted octanol–water partition coefficient (Wildman–Crippen LogP) is 1.52. The molecule has 1 aromatic rings. The fourth-order valence-electron chi connectivity index (χ4n) is 2.08. The number of nitrogens with zero attached hydrogens (tertiary/aromatic N) is 1. The number of Topliss-reactive ketones (excluding diaryl/α,β-unsaturated/α-hetero) is 1. The third-order valence-electron chi connectivity index (χ3n) is 3.22. The monoisotopic (exact) mass is 277 g/mol. The highest BCUT2D eigenvalue weighted by atomic mass is 16.5. The summed E-state index contributed by atoms with van der Waals surface area (Å²) < 4.78 is 10.9. The molecule has 5 heteroatoms. The number of hydrogen-bond donors (Lipinski definition) is 0. The summed E-state index contributed by atoms with van der Waals surface area (Å²) in [5, 5.41) is 0. The molecule has 1 heterocycles. The van der Waals surface area contributed by atoms with Crippen molar-refractivity contribution in [3.63, 3.8) is 0 Å². The highest BCUT2D eigenvalue weighted by Crippen LogP contribution is 2.16. The zero-order valence-corrected chi connectivity index (χ0v) is 11.8. The molecule has 1 fully saturated rings. The Morgan fingerprint density at radius 1 is 1.30 bits per heavy atom. The van der Waals surface area contributed by atoms with Gasteiger partial charge in [0.05, 0.1) is 13.2 Å². The van der Waals surface area contributed by atoms with E-state index in [1.54, 1.807) is 36.1 Å². The number of carbonyl (C=O) groups excluding carboxylic acids is 2. The lowest BCUT2D eigenvalue weighted by atomic mass is 10.1. The Morgan fingerprint density at radius 3 is 2.65 bits per heavy atom. The summed E-state index contributed by atoms with van der Waals surface area (Å²) in [4.78, 5) is 25.3. The molecule has 1 aliphatic heterocycles. The van der Waals surface area contributed by atoms with Gasteiger partial charge in [-0.05, 0) is 26.0 Å². The van der Waals surface area contributed by atoms with Crippen molar-refractivity contribution in [1.82, 2.24) is 4.90 Å². The van der Waals surface area contributed by atoms with Gasteiger partial charge in [0.15, 0.2) is 11.9 Å². The highest BCUT2D eigenvalue weighted by molar-refractivity contribution is 5.94. The molecule has 2 rings (SSSR count). The quantitative estimate of drug-likeness (QED) is 0.783. The van der Waals surface area contributed by atoms with E-state index in [9.17, 15) is 9.59 Å². The Bertz CT molecular complexity index is 494. The predicted molar refractivity (Wildman–Crippen MR) is 73.9 cm³/mol. The van der Waals surface area contributed by atoms with Gasteiger partial charge in [0, 0.05) is 18.7 Å². The first kappa shape index (κ1) is 14.5. The van der Waals surface area contributed by atoms with Crippen LogP contribution in [0.2, 0.25) is 0 Å². The first-order valence-corrected chi connectivity index (χ1v) is 6.72. The number of ether oxygens (including phenoxy) is 2. The van der Waals surface area contributed by atoms with E-state index in [1.807, 2.05) is 0 Å². The molecule has 1 unspecified atom stereocenters. The highest BCUT2D eigenvalue weighted by Gasteiger charge is 2.23. The van der Waals surface area contributed by atoms with Crippen LogP contribution in [0.15, 0.2) is 24.3 Å². The van der Waals surface area contributed by atoms with Gasteiger partial charge in [-0.2, -0.15) is 0 Å². The number of morpholine rings is 1. The molecule has 20 heavy (non-hydrogen) atoms. The van der Waals surface area contributed by atoms with Gasteiger partial charge in [0.1, 0.15) is 5.75 Å². The topological polar surface area (TPSA) is 55.8 Å². The number of benzene rings is 1. The van der Waals surface area contributed by atoms with Crippen LogP contribution >= 0.6 is 0 Å². The van der Waals surface area contributed by atoms with E-state index in [4.69, 9.17) is 9.47 Å². The van der Waals surface area contributed by atoms with E-state index >= 15 is 0 Å². The molecular formula is C15H19NO4. The van der Waals surface area contributed by atoms with Crippen molar-refractivity contribution < 1.29 is 19.1 Å². The van der Waals surface area contributed by atoms with Crippen molar-refractivity contribution in [2.75, 3.05) is 26.3 Å². The molecule has 5 nitrogen and oxygen atoms in total. The van der Waals surface area contributed by atoms with Gasteiger partial charge in [0.2, 0.25) is 0 Å². The maximum Gasteiger partial charge on any atom is 0.263 e. The van der Waals surface area contributed by atoms with Gasteiger partial charge in [-0.15, -0.1) is 0 Å². The van der Waals surface area contributed by atoms with Crippen LogP contribution in [0.5, 0.6) is 5.75 Å². The first-order valence-electron chi connectivity index (χ1n) is 6.72. The van der Waals surface area contributed by atoms with Crippen LogP contribution < -0.4 is 4.74 Å². The first-order chi connectivity index (χ1) is 9.58. The molecule has 0 spiro atoms. The summed E-state index contributed by atoms with van der Waals surface area (Å²) in [5.74, 6) is 0.455. The van der Waals surface area contributed by atoms with Crippen molar-refractivity contribution in [3.8, 4) is 5.75 Å². The Kier molecular flexibility index (Phi) is 4.74. The second-order valence-corrected chi connectivity index (χ2v) is 4.78. The van der Waals surface area contributed by atoms with Crippen molar-refractivity contribution in [2.45, 2.75) is 20.0 Å². The van der Waals surface area contributed by atoms with Crippen LogP contribution in [0, 0.1) is 0 Å². The van der Waals surface area contributed by atoms with Crippen molar-refractivity contribution >= 4 is 11.7 Å². The average molecular weight is 277 g/mol. The molecule has 0 N–H and O–H groups in total. The number of carbonyl (C=O) groups is 2. The van der Waals surface area contributed by atoms with Crippen LogP contribution in [0.1, 0.15) is 24.2 Å². The van der Waals surface area contributed by atoms with Crippen LogP contribution in [-0.2, 0) is 9.53 Å². The molecule has 108 valence electrons. The zero-order chi connectivity index (χ0) is 14.5. The Morgan fingerprint density at radius 2 is 2.00 bits per heavy atom. The number of amides is 1. The summed E-state index contributed by atoms with van der Waals surface area (Å²) >= 11 is 0. The zero-order valence-electron chi connectivity index (χ0n) is 11.8. The fraction of sp³-hybridized carbons (Fsp3) is 0.467. The molecular weight excluding hydrogens is 258 g/mol. The van der Waals surface area contributed by atoms with E-state index in [0.29, 0.717) is 37.6 Å². The van der Waals surface area contributed by atoms with E-state index in [-0.39, 0.29) is 11.7 Å². The summed E-state index contributed by atoms with van der Waals surface area (Å²) in [6, 6.07) is 6.88. The molecule has 0 aromatic heterocycles. The minimum absolute atomic E-state index is 0.0254. The lowest BCUT2D eigenvalue weighted by molar-refractivity contribution is -0.142. The Balaban J connectivity index is 1.99. The van der Waals surface area contributed by atoms with E-state index in [0.717, 1.165) is 0 Å². The maximum absolute atomic E-state index is 12.2. The minimum Gasteiger partial charge on any atom is -0.481 e. The van der Waals surface area contributed by atoms with Crippen LogP contribution in [-0.4, -0.2) is 49.0 Å². The molecule has 1 saturated heterocycles. The minimum atomic E-state index is -0.574. The number of ketones is 1. The van der Waals surface area contributed by atoms with Crippen LogP contribution in [0.3, 0.4) is 0 Å². The molecule has 0 aliphatic carbocycles. The summed E-state index contributed by atoms with van der Waals surface area (Å²) in [6.07, 6.45) is -0.574. The van der Waals surface area contributed by atoms with Crippen molar-refractivity contribution in [3.05, 3.63) is 29.8 Å². The van der Waals surface area contributed by atoms with Gasteiger partial charge in [-0.1, -0.05) is 12.1 Å². The Labute approximate surface area is 118 Å². The molecule has 0 saturated carbocycles. The molecule has 1 atom stereocenters. The third-order valence-corrected chi connectivity index (χ3v) is 3.22. The summed E-state index contributed by atoms with van der Waals surface area (Å²) in [5.41, 5.74) is 0.577. The van der Waals surface area contributed by atoms with Crippen molar-refractivity contribution in [1.29, 1.82) is 0 Å². The van der Waals surface area contributed by atoms with Gasteiger partial charge < -0.3 is 14.4 Å². The normalized spacial score (nSPS) is 16.6. The van der Waals surface area contributed by atoms with Crippen molar-refractivity contribution in [2.24, 2.45) is 0 Å². The second kappa shape index (κ2) is 6.52.